The number of carboxylic acids is 1. The van der Waals surface area contributed by atoms with E-state index in [0.717, 1.165) is 12.1 Å². The fraction of sp³-hybridized carbons (Fsp3) is 0. The van der Waals surface area contributed by atoms with Gasteiger partial charge in [-0.1, -0.05) is 0 Å². The van der Waals surface area contributed by atoms with E-state index in [9.17, 15) is 46.1 Å². The van der Waals surface area contributed by atoms with E-state index in [4.69, 9.17) is 11.5 Å². The molecule has 52 heavy (non-hydrogen) atoms. The Balaban J connectivity index is 0.00000312. The normalized spacial score (nSPS) is 11.7. The second-order valence-electron chi connectivity index (χ2n) is 9.91. The molecule has 0 aromatic heterocycles. The van der Waals surface area contributed by atoms with E-state index in [1.807, 2.05) is 0 Å². The van der Waals surface area contributed by atoms with E-state index < -0.39 is 80.9 Å². The Bertz CT molecular complexity index is 2470. The molecule has 0 saturated heterocycles. The number of rotatable bonds is 9. The molecule has 0 spiro atoms. The minimum Gasteiger partial charge on any atom is -0.744 e. The summed E-state index contributed by atoms with van der Waals surface area (Å²) in [6.07, 6.45) is 0. The van der Waals surface area contributed by atoms with Crippen molar-refractivity contribution >= 4 is 82.5 Å². The summed E-state index contributed by atoms with van der Waals surface area (Å²) in [4.78, 5) is 8.97. The average molecular weight is 773 g/mol. The predicted molar refractivity (Wildman–Crippen MR) is 168 cm³/mol. The fourth-order valence-corrected chi connectivity index (χ4v) is 5.60. The van der Waals surface area contributed by atoms with Crippen LogP contribution in [0.1, 0.15) is 10.4 Å². The van der Waals surface area contributed by atoms with Gasteiger partial charge in [0.2, 0.25) is 0 Å². The van der Waals surface area contributed by atoms with Gasteiger partial charge in [0.15, 0.2) is 5.75 Å². The molecule has 250 valence electrons. The molecule has 0 aliphatic heterocycles. The van der Waals surface area contributed by atoms with E-state index in [2.05, 4.69) is 30.7 Å². The van der Waals surface area contributed by atoms with Gasteiger partial charge in [-0.05, 0) is 84.2 Å². The Hall–Kier alpha value is -3.35. The van der Waals surface area contributed by atoms with Crippen molar-refractivity contribution in [2.75, 3.05) is 11.5 Å². The standard InChI is InChI=1S/C29H22N8O10S2.3Na/c30-15-1-3-16(4-2-15)33-36-26-22(48(42,43)44)11-14-12-23(49(45,46)47)27(28(39)24(14)25(26)31)37-34-18-7-5-17(6-8-18)32-35-19-9-10-21(38)20(13-19)29(40)41;;;/h1-13,38-39H,30-31H2,(H,40,41)(H,42,43,44)(H,45,46,47);;;/q;3*+1/p-3. The zero-order valence-electron chi connectivity index (χ0n) is 27.3. The quantitative estimate of drug-likeness (QED) is 0.0480. The minimum atomic E-state index is -5.39. The number of aromatic hydroxyl groups is 2. The molecule has 0 bridgehead atoms. The van der Waals surface area contributed by atoms with Crippen LogP contribution in [-0.2, 0) is 20.2 Å². The Morgan fingerprint density at radius 3 is 1.48 bits per heavy atom. The molecule has 0 atom stereocenters. The minimum absolute atomic E-state index is 0. The van der Waals surface area contributed by atoms with Crippen molar-refractivity contribution in [1.82, 2.24) is 0 Å². The van der Waals surface area contributed by atoms with E-state index in [-0.39, 0.29) is 111 Å². The molecule has 5 aromatic carbocycles. The Morgan fingerprint density at radius 1 is 0.596 bits per heavy atom. The summed E-state index contributed by atoms with van der Waals surface area (Å²) in [6, 6.07) is 16.1. The van der Waals surface area contributed by atoms with Crippen LogP contribution in [0.15, 0.2) is 119 Å². The smallest absolute Gasteiger partial charge is 0.744 e. The van der Waals surface area contributed by atoms with Crippen molar-refractivity contribution in [3.05, 3.63) is 84.4 Å². The number of carbonyl (C=O) groups excluding carboxylic acids is 1. The van der Waals surface area contributed by atoms with E-state index in [0.29, 0.717) is 17.8 Å². The number of aromatic carboxylic acids is 1. The first-order valence-electron chi connectivity index (χ1n) is 13.3. The number of hydrogen-bond donors (Lipinski definition) is 4. The molecule has 0 radical (unpaired) electrons. The molecule has 0 fully saturated rings. The monoisotopic (exact) mass is 772 g/mol. The summed E-state index contributed by atoms with van der Waals surface area (Å²) in [5.41, 5.74) is 10.2. The third kappa shape index (κ3) is 10.4. The summed E-state index contributed by atoms with van der Waals surface area (Å²) in [6.45, 7) is 0. The molecule has 0 aliphatic rings. The number of benzene rings is 5. The maximum atomic E-state index is 12.2. The van der Waals surface area contributed by atoms with Crippen LogP contribution in [0.3, 0.4) is 0 Å². The van der Waals surface area contributed by atoms with Gasteiger partial charge in [-0.25, -0.2) is 16.8 Å². The molecule has 5 aromatic rings. The zero-order chi connectivity index (χ0) is 35.7. The van der Waals surface area contributed by atoms with Gasteiger partial charge in [-0.15, -0.1) is 10.2 Å². The van der Waals surface area contributed by atoms with Crippen molar-refractivity contribution in [3.63, 3.8) is 0 Å². The molecule has 0 unspecified atom stereocenters. The van der Waals surface area contributed by atoms with Crippen LogP contribution in [0, 0.1) is 0 Å². The largest absolute Gasteiger partial charge is 1.00 e. The van der Waals surface area contributed by atoms with Crippen LogP contribution in [0.4, 0.5) is 45.5 Å². The number of anilines is 2. The van der Waals surface area contributed by atoms with Crippen LogP contribution in [-0.4, -0.2) is 42.1 Å². The van der Waals surface area contributed by atoms with Crippen molar-refractivity contribution in [1.29, 1.82) is 0 Å². The first kappa shape index (κ1) is 44.8. The molecule has 18 nitrogen and oxygen atoms in total. The SMILES string of the molecule is Nc1ccc(N=Nc2c(S(=O)(=O)[O-])cc3cc(S(=O)(=O)[O-])c(N=Nc4ccc(N=Nc5ccc(O)c(C(=O)[O-])c5)cc4)c(O)c3c2N)cc1.[Na+].[Na+].[Na+]. The van der Waals surface area contributed by atoms with Crippen molar-refractivity contribution in [2.24, 2.45) is 30.7 Å². The van der Waals surface area contributed by atoms with Gasteiger partial charge in [0, 0.05) is 11.3 Å². The third-order valence-electron chi connectivity index (χ3n) is 6.61. The topological polar surface area (TPSA) is 321 Å². The number of phenolic OH excluding ortho intramolecular Hbond substituents is 1. The second kappa shape index (κ2) is 18.1. The molecule has 23 heteroatoms. The van der Waals surface area contributed by atoms with Crippen LogP contribution in [0.5, 0.6) is 11.5 Å². The predicted octanol–water partition coefficient (Wildman–Crippen LogP) is -4.15. The van der Waals surface area contributed by atoms with E-state index in [1.54, 1.807) is 0 Å². The summed E-state index contributed by atoms with van der Waals surface area (Å²) in [5.74, 6) is -3.12. The van der Waals surface area contributed by atoms with Gasteiger partial charge >= 0.3 is 88.7 Å². The first-order chi connectivity index (χ1) is 23.0. The number of phenols is 2. The van der Waals surface area contributed by atoms with Crippen LogP contribution in [0.25, 0.3) is 10.8 Å². The summed E-state index contributed by atoms with van der Waals surface area (Å²) in [7, 11) is -10.7. The maximum absolute atomic E-state index is 12.2. The molecule has 0 saturated carbocycles. The zero-order valence-corrected chi connectivity index (χ0v) is 35.0. The maximum Gasteiger partial charge on any atom is 1.00 e. The van der Waals surface area contributed by atoms with Crippen molar-refractivity contribution < 1.29 is 135 Å². The fourth-order valence-electron chi connectivity index (χ4n) is 4.30. The summed E-state index contributed by atoms with van der Waals surface area (Å²) >= 11 is 0. The van der Waals surface area contributed by atoms with Crippen LogP contribution >= 0.6 is 0 Å². The number of azo groups is 3. The Morgan fingerprint density at radius 2 is 1.00 bits per heavy atom. The third-order valence-corrected chi connectivity index (χ3v) is 8.31. The number of hydrogen-bond acceptors (Lipinski definition) is 18. The Labute approximate surface area is 361 Å². The van der Waals surface area contributed by atoms with Gasteiger partial charge in [0.25, 0.3) is 0 Å². The average Bonchev–Trinajstić information content (AvgIpc) is 3.03. The Kier molecular flexibility index (Phi) is 15.6. The number of carboxylic acid groups (broad SMARTS) is 1. The number of fused-ring (bicyclic) bond motifs is 1. The van der Waals surface area contributed by atoms with Gasteiger partial charge in [0.1, 0.15) is 37.4 Å². The number of nitrogen functional groups attached to an aromatic ring is 2. The van der Waals surface area contributed by atoms with Crippen LogP contribution in [0.2, 0.25) is 0 Å². The van der Waals surface area contributed by atoms with Crippen LogP contribution < -0.4 is 105 Å². The molecular formula is C29H19N8Na3O10S2. The molecule has 5 rings (SSSR count). The number of carbonyl (C=O) groups is 1. The van der Waals surface area contributed by atoms with Crippen molar-refractivity contribution in [2.45, 2.75) is 9.79 Å². The summed E-state index contributed by atoms with van der Waals surface area (Å²) < 4.78 is 73.0. The molecule has 6 N–H and O–H groups in total. The van der Waals surface area contributed by atoms with Gasteiger partial charge in [-0.3, -0.25) is 0 Å². The molecule has 0 aliphatic carbocycles. The van der Waals surface area contributed by atoms with Gasteiger partial charge in [0.05, 0.1) is 49.6 Å². The second-order valence-corrected chi connectivity index (χ2v) is 12.6. The molecular weight excluding hydrogens is 753 g/mol. The van der Waals surface area contributed by atoms with E-state index in [1.165, 1.54) is 54.6 Å². The number of nitrogens with two attached hydrogens (primary N) is 2. The first-order valence-corrected chi connectivity index (χ1v) is 16.1. The summed E-state index contributed by atoms with van der Waals surface area (Å²) in [5, 5.41) is 54.1. The van der Waals surface area contributed by atoms with Crippen molar-refractivity contribution in [3.8, 4) is 11.5 Å². The van der Waals surface area contributed by atoms with Gasteiger partial charge in [-0.2, -0.15) is 20.5 Å². The van der Waals surface area contributed by atoms with Gasteiger partial charge < -0.3 is 40.7 Å². The van der Waals surface area contributed by atoms with E-state index >= 15 is 0 Å². The number of nitrogens with zero attached hydrogens (tertiary/aromatic N) is 6. The molecule has 0 amide bonds. The molecule has 0 heterocycles.